The first-order valence-corrected chi connectivity index (χ1v) is 4.94. The third-order valence-electron chi connectivity index (χ3n) is 1.31. The Hall–Kier alpha value is -1.34. The smallest absolute Gasteiger partial charge is 0.298 e. The quantitative estimate of drug-likeness (QED) is 0.617. The van der Waals surface area contributed by atoms with Crippen molar-refractivity contribution in [3.8, 4) is 0 Å². The fourth-order valence-corrected chi connectivity index (χ4v) is 1.20. The molecule has 0 radical (unpaired) electrons. The van der Waals surface area contributed by atoms with Crippen LogP contribution >= 0.6 is 0 Å². The summed E-state index contributed by atoms with van der Waals surface area (Å²) < 4.78 is 26.3. The third kappa shape index (κ3) is 2.88. The zero-order chi connectivity index (χ0) is 9.90. The number of hydrogen-bond donors (Lipinski definition) is 3. The van der Waals surface area contributed by atoms with Crippen molar-refractivity contribution in [1.29, 1.82) is 0 Å². The topological polar surface area (TPSA) is 97.1 Å². The zero-order valence-corrected chi connectivity index (χ0v) is 7.80. The van der Waals surface area contributed by atoms with E-state index in [1.165, 1.54) is 25.4 Å². The number of nitrogen functional groups attached to an aromatic ring is 1. The van der Waals surface area contributed by atoms with Gasteiger partial charge in [-0.15, -0.1) is 0 Å². The van der Waals surface area contributed by atoms with E-state index < -0.39 is 10.2 Å². The number of nitrogens with one attached hydrogen (secondary N) is 2. The lowest BCUT2D eigenvalue weighted by molar-refractivity contribution is 0.593. The number of anilines is 2. The van der Waals surface area contributed by atoms with Gasteiger partial charge < -0.3 is 5.73 Å². The van der Waals surface area contributed by atoms with Crippen LogP contribution < -0.4 is 15.2 Å². The molecule has 13 heavy (non-hydrogen) atoms. The highest BCUT2D eigenvalue weighted by atomic mass is 32.2. The van der Waals surface area contributed by atoms with E-state index in [2.05, 4.69) is 14.4 Å². The van der Waals surface area contributed by atoms with Crippen LogP contribution in [0.25, 0.3) is 0 Å². The maximum absolute atomic E-state index is 11.0. The van der Waals surface area contributed by atoms with Crippen molar-refractivity contribution in [3.05, 3.63) is 18.3 Å². The highest BCUT2D eigenvalue weighted by Gasteiger charge is 2.05. The number of pyridine rings is 1. The van der Waals surface area contributed by atoms with Crippen LogP contribution in [0.2, 0.25) is 0 Å². The minimum atomic E-state index is -3.47. The van der Waals surface area contributed by atoms with E-state index in [9.17, 15) is 8.42 Å². The van der Waals surface area contributed by atoms with Crippen molar-refractivity contribution in [1.82, 2.24) is 9.71 Å². The van der Waals surface area contributed by atoms with Crippen molar-refractivity contribution >= 4 is 21.7 Å². The van der Waals surface area contributed by atoms with Crippen LogP contribution in [-0.4, -0.2) is 20.4 Å². The summed E-state index contributed by atoms with van der Waals surface area (Å²) in [7, 11) is -2.15. The molecule has 0 aliphatic rings. The molecule has 0 aliphatic heterocycles. The molecule has 0 spiro atoms. The second-order valence-electron chi connectivity index (χ2n) is 2.28. The molecule has 0 aromatic carbocycles. The lowest BCUT2D eigenvalue weighted by Gasteiger charge is -2.05. The molecule has 1 rings (SSSR count). The molecule has 0 atom stereocenters. The van der Waals surface area contributed by atoms with Crippen LogP contribution in [0.5, 0.6) is 0 Å². The average Bonchev–Trinajstić information content (AvgIpc) is 2.09. The SMILES string of the molecule is CNS(=O)(=O)Nc1ccc(N)nc1. The second-order valence-corrected chi connectivity index (χ2v) is 3.90. The molecule has 7 heteroatoms. The maximum atomic E-state index is 11.0. The molecule has 1 aromatic rings. The average molecular weight is 202 g/mol. The standard InChI is InChI=1S/C6H10N4O2S/c1-8-13(11,12)10-5-2-3-6(7)9-4-5/h2-4,8,10H,1H3,(H2,7,9). The van der Waals surface area contributed by atoms with Crippen molar-refractivity contribution in [3.63, 3.8) is 0 Å². The summed E-state index contributed by atoms with van der Waals surface area (Å²) in [6.07, 6.45) is 1.34. The van der Waals surface area contributed by atoms with Crippen LogP contribution in [0.1, 0.15) is 0 Å². The van der Waals surface area contributed by atoms with E-state index in [0.717, 1.165) is 0 Å². The molecule has 4 N–H and O–H groups in total. The van der Waals surface area contributed by atoms with Gasteiger partial charge in [-0.2, -0.15) is 8.42 Å². The summed E-state index contributed by atoms with van der Waals surface area (Å²) >= 11 is 0. The molecule has 0 aliphatic carbocycles. The number of nitrogens with zero attached hydrogens (tertiary/aromatic N) is 1. The summed E-state index contributed by atoms with van der Waals surface area (Å²) in [5.74, 6) is 0.340. The van der Waals surface area contributed by atoms with Gasteiger partial charge in [0.1, 0.15) is 5.82 Å². The van der Waals surface area contributed by atoms with Gasteiger partial charge in [0.15, 0.2) is 0 Å². The predicted molar refractivity (Wildman–Crippen MR) is 50.3 cm³/mol. The molecule has 0 saturated heterocycles. The first kappa shape index (κ1) is 9.75. The van der Waals surface area contributed by atoms with E-state index in [0.29, 0.717) is 11.5 Å². The first-order valence-electron chi connectivity index (χ1n) is 3.46. The van der Waals surface area contributed by atoms with Crippen molar-refractivity contribution in [2.24, 2.45) is 0 Å². The first-order chi connectivity index (χ1) is 6.03. The van der Waals surface area contributed by atoms with Gasteiger partial charge in [0, 0.05) is 7.05 Å². The van der Waals surface area contributed by atoms with E-state index in [4.69, 9.17) is 5.73 Å². The Labute approximate surface area is 76.4 Å². The van der Waals surface area contributed by atoms with Gasteiger partial charge in [0.2, 0.25) is 0 Å². The minimum Gasteiger partial charge on any atom is -0.384 e. The molecule has 1 heterocycles. The minimum absolute atomic E-state index is 0.340. The number of hydrogen-bond acceptors (Lipinski definition) is 4. The van der Waals surface area contributed by atoms with Crippen LogP contribution in [-0.2, 0) is 10.2 Å². The third-order valence-corrected chi connectivity index (χ3v) is 2.35. The number of nitrogens with two attached hydrogens (primary N) is 1. The van der Waals surface area contributed by atoms with Gasteiger partial charge in [0.25, 0.3) is 10.2 Å². The molecule has 0 unspecified atom stereocenters. The summed E-state index contributed by atoms with van der Waals surface area (Å²) in [5.41, 5.74) is 5.68. The molecule has 0 fully saturated rings. The molecular weight excluding hydrogens is 192 g/mol. The van der Waals surface area contributed by atoms with Gasteiger partial charge in [-0.1, -0.05) is 0 Å². The molecule has 0 amide bonds. The van der Waals surface area contributed by atoms with Gasteiger partial charge in [-0.25, -0.2) is 9.71 Å². The monoisotopic (exact) mass is 202 g/mol. The highest BCUT2D eigenvalue weighted by Crippen LogP contribution is 2.07. The summed E-state index contributed by atoms with van der Waals surface area (Å²) in [6.45, 7) is 0. The van der Waals surface area contributed by atoms with Gasteiger partial charge in [-0.05, 0) is 12.1 Å². The van der Waals surface area contributed by atoms with Crippen molar-refractivity contribution in [2.75, 3.05) is 17.5 Å². The Morgan fingerprint density at radius 2 is 2.15 bits per heavy atom. The molecule has 0 saturated carbocycles. The van der Waals surface area contributed by atoms with E-state index in [1.807, 2.05) is 0 Å². The van der Waals surface area contributed by atoms with Crippen LogP contribution in [0.4, 0.5) is 11.5 Å². The second kappa shape index (κ2) is 3.58. The van der Waals surface area contributed by atoms with Crippen LogP contribution in [0, 0.1) is 0 Å². The summed E-state index contributed by atoms with van der Waals surface area (Å²) in [5, 5.41) is 0. The molecular formula is C6H10N4O2S. The highest BCUT2D eigenvalue weighted by molar-refractivity contribution is 7.90. The van der Waals surface area contributed by atoms with Crippen LogP contribution in [0.15, 0.2) is 18.3 Å². The summed E-state index contributed by atoms with van der Waals surface area (Å²) in [4.78, 5) is 3.72. The molecule has 1 aromatic heterocycles. The lowest BCUT2D eigenvalue weighted by Crippen LogP contribution is -2.26. The molecule has 0 bridgehead atoms. The molecule has 6 nitrogen and oxygen atoms in total. The van der Waals surface area contributed by atoms with Gasteiger partial charge >= 0.3 is 0 Å². The van der Waals surface area contributed by atoms with Gasteiger partial charge in [-0.3, -0.25) is 4.72 Å². The largest absolute Gasteiger partial charge is 0.384 e. The van der Waals surface area contributed by atoms with Crippen LogP contribution in [0.3, 0.4) is 0 Å². The fraction of sp³-hybridized carbons (Fsp3) is 0.167. The predicted octanol–water partition coefficient (Wildman–Crippen LogP) is -0.460. The van der Waals surface area contributed by atoms with Gasteiger partial charge in [0.05, 0.1) is 11.9 Å². The lowest BCUT2D eigenvalue weighted by atomic mass is 10.4. The van der Waals surface area contributed by atoms with E-state index >= 15 is 0 Å². The Balaban J connectivity index is 2.82. The normalized spacial score (nSPS) is 11.2. The summed E-state index contributed by atoms with van der Waals surface area (Å²) in [6, 6.07) is 3.03. The zero-order valence-electron chi connectivity index (χ0n) is 6.98. The van der Waals surface area contributed by atoms with Crippen molar-refractivity contribution < 1.29 is 8.42 Å². The Kier molecular flexibility index (Phi) is 2.69. The fourth-order valence-electron chi connectivity index (χ4n) is 0.672. The Morgan fingerprint density at radius 3 is 2.62 bits per heavy atom. The molecule has 72 valence electrons. The number of aromatic nitrogens is 1. The maximum Gasteiger partial charge on any atom is 0.298 e. The Bertz CT molecular complexity index is 372. The van der Waals surface area contributed by atoms with E-state index in [1.54, 1.807) is 0 Å². The Morgan fingerprint density at radius 1 is 1.46 bits per heavy atom. The number of rotatable bonds is 3. The van der Waals surface area contributed by atoms with Crippen molar-refractivity contribution in [2.45, 2.75) is 0 Å². The van der Waals surface area contributed by atoms with E-state index in [-0.39, 0.29) is 0 Å².